The van der Waals surface area contributed by atoms with Gasteiger partial charge in [-0.1, -0.05) is 17.9 Å². The zero-order valence-electron chi connectivity index (χ0n) is 11.0. The number of amides is 1. The van der Waals surface area contributed by atoms with Crippen LogP contribution in [0.3, 0.4) is 0 Å². The average Bonchev–Trinajstić information content (AvgIpc) is 2.85. The quantitative estimate of drug-likeness (QED) is 0.845. The van der Waals surface area contributed by atoms with Crippen molar-refractivity contribution in [3.63, 3.8) is 0 Å². The first-order chi connectivity index (χ1) is 9.70. The summed E-state index contributed by atoms with van der Waals surface area (Å²) in [5.41, 5.74) is 1.90. The second-order valence-corrected chi connectivity index (χ2v) is 5.18. The van der Waals surface area contributed by atoms with E-state index in [-0.39, 0.29) is 12.5 Å². The van der Waals surface area contributed by atoms with Gasteiger partial charge in [0.2, 0.25) is 0 Å². The van der Waals surface area contributed by atoms with Crippen LogP contribution in [0.1, 0.15) is 25.7 Å². The van der Waals surface area contributed by atoms with E-state index in [2.05, 4.69) is 22.1 Å². The van der Waals surface area contributed by atoms with Gasteiger partial charge in [0.05, 0.1) is 9.75 Å². The number of hydrogen-bond donors (Lipinski definition) is 2. The van der Waals surface area contributed by atoms with Crippen LogP contribution < -0.4 is 5.32 Å². The summed E-state index contributed by atoms with van der Waals surface area (Å²) >= 11 is 1.33. The molecule has 0 unspecified atom stereocenters. The Morgan fingerprint density at radius 3 is 3.10 bits per heavy atom. The summed E-state index contributed by atoms with van der Waals surface area (Å²) in [7, 11) is 0. The minimum Gasteiger partial charge on any atom is -0.384 e. The summed E-state index contributed by atoms with van der Waals surface area (Å²) in [5.74, 6) is 5.31. The molecule has 2 aromatic heterocycles. The van der Waals surface area contributed by atoms with E-state index >= 15 is 0 Å². The van der Waals surface area contributed by atoms with Gasteiger partial charge in [0.15, 0.2) is 0 Å². The van der Waals surface area contributed by atoms with E-state index in [1.54, 1.807) is 12.4 Å². The van der Waals surface area contributed by atoms with Crippen molar-refractivity contribution < 1.29 is 9.90 Å². The van der Waals surface area contributed by atoms with Crippen LogP contribution >= 0.6 is 11.3 Å². The molecule has 0 saturated heterocycles. The number of rotatable bonds is 3. The molecule has 0 spiro atoms. The van der Waals surface area contributed by atoms with E-state index in [0.717, 1.165) is 16.0 Å². The molecular weight excluding hydrogens is 272 g/mol. The van der Waals surface area contributed by atoms with E-state index in [9.17, 15) is 4.79 Å². The zero-order valence-corrected chi connectivity index (χ0v) is 11.8. The monoisotopic (exact) mass is 286 g/mol. The Balaban J connectivity index is 2.03. The first-order valence-corrected chi connectivity index (χ1v) is 6.89. The molecule has 2 rings (SSSR count). The Labute approximate surface area is 121 Å². The predicted molar refractivity (Wildman–Crippen MR) is 78.4 cm³/mol. The highest BCUT2D eigenvalue weighted by Crippen LogP contribution is 2.20. The third-order valence-corrected chi connectivity index (χ3v) is 3.75. The van der Waals surface area contributed by atoms with Gasteiger partial charge in [0.25, 0.3) is 5.91 Å². The lowest BCUT2D eigenvalue weighted by atomic mass is 10.2. The van der Waals surface area contributed by atoms with Crippen LogP contribution in [0.2, 0.25) is 0 Å². The van der Waals surface area contributed by atoms with Crippen molar-refractivity contribution in [3.8, 4) is 11.8 Å². The second kappa shape index (κ2) is 6.85. The van der Waals surface area contributed by atoms with Crippen LogP contribution in [0.5, 0.6) is 0 Å². The number of hydrogen-bond acceptors (Lipinski definition) is 4. The SMILES string of the molecule is Cc1cc(C(=O)NCc2cccnc2)sc1C#CCO. The number of aromatic nitrogens is 1. The Bertz CT molecular complexity index is 654. The predicted octanol–water partition coefficient (Wildman–Crippen LogP) is 1.73. The van der Waals surface area contributed by atoms with E-state index in [1.807, 2.05) is 25.1 Å². The lowest BCUT2D eigenvalue weighted by Gasteiger charge is -2.02. The largest absolute Gasteiger partial charge is 0.384 e. The van der Waals surface area contributed by atoms with Crippen LogP contribution in [0.4, 0.5) is 0 Å². The van der Waals surface area contributed by atoms with Gasteiger partial charge < -0.3 is 10.4 Å². The number of nitrogens with one attached hydrogen (secondary N) is 1. The van der Waals surface area contributed by atoms with Crippen molar-refractivity contribution in [1.82, 2.24) is 10.3 Å². The molecule has 0 aliphatic carbocycles. The standard InChI is InChI=1S/C15H14N2O2S/c1-11-8-14(20-13(11)5-3-7-18)15(19)17-10-12-4-2-6-16-9-12/h2,4,6,8-9,18H,7,10H2,1H3,(H,17,19). The first-order valence-electron chi connectivity index (χ1n) is 6.08. The van der Waals surface area contributed by atoms with Gasteiger partial charge in [-0.2, -0.15) is 0 Å². The highest BCUT2D eigenvalue weighted by molar-refractivity contribution is 7.14. The van der Waals surface area contributed by atoms with Gasteiger partial charge in [0, 0.05) is 18.9 Å². The van der Waals surface area contributed by atoms with Crippen LogP contribution in [0.15, 0.2) is 30.6 Å². The number of pyridine rings is 1. The Hall–Kier alpha value is -2.16. The van der Waals surface area contributed by atoms with Gasteiger partial charge in [-0.05, 0) is 30.2 Å². The molecule has 0 saturated carbocycles. The van der Waals surface area contributed by atoms with Crippen molar-refractivity contribution in [3.05, 3.63) is 51.5 Å². The molecule has 102 valence electrons. The number of nitrogens with zero attached hydrogens (tertiary/aromatic N) is 1. The molecule has 4 nitrogen and oxygen atoms in total. The fourth-order valence-corrected chi connectivity index (χ4v) is 2.57. The van der Waals surface area contributed by atoms with Gasteiger partial charge in [-0.3, -0.25) is 9.78 Å². The highest BCUT2D eigenvalue weighted by atomic mass is 32.1. The summed E-state index contributed by atoms with van der Waals surface area (Å²) in [4.78, 5) is 17.5. The average molecular weight is 286 g/mol. The van der Waals surface area contributed by atoms with Crippen LogP contribution in [-0.4, -0.2) is 22.6 Å². The van der Waals surface area contributed by atoms with Crippen LogP contribution in [0, 0.1) is 18.8 Å². The highest BCUT2D eigenvalue weighted by Gasteiger charge is 2.11. The fourth-order valence-electron chi connectivity index (χ4n) is 1.61. The second-order valence-electron chi connectivity index (χ2n) is 4.13. The minimum atomic E-state index is -0.181. The normalized spacial score (nSPS) is 9.70. The molecule has 0 aromatic carbocycles. The smallest absolute Gasteiger partial charge is 0.261 e. The summed E-state index contributed by atoms with van der Waals surface area (Å²) in [6.07, 6.45) is 3.41. The summed E-state index contributed by atoms with van der Waals surface area (Å²) in [6.45, 7) is 2.16. The van der Waals surface area contributed by atoms with Gasteiger partial charge in [-0.25, -0.2) is 0 Å². The fraction of sp³-hybridized carbons (Fsp3) is 0.200. The maximum Gasteiger partial charge on any atom is 0.261 e. The number of aryl methyl sites for hydroxylation is 1. The zero-order chi connectivity index (χ0) is 14.4. The van der Waals surface area contributed by atoms with E-state index < -0.39 is 0 Å². The van der Waals surface area contributed by atoms with Gasteiger partial charge >= 0.3 is 0 Å². The molecule has 0 fully saturated rings. The number of carbonyl (C=O) groups is 1. The molecular formula is C15H14N2O2S. The summed E-state index contributed by atoms with van der Waals surface area (Å²) < 4.78 is 0. The lowest BCUT2D eigenvalue weighted by molar-refractivity contribution is 0.0955. The van der Waals surface area contributed by atoms with Crippen molar-refractivity contribution >= 4 is 17.2 Å². The number of carbonyl (C=O) groups excluding carboxylic acids is 1. The number of aliphatic hydroxyl groups excluding tert-OH is 1. The third-order valence-electron chi connectivity index (χ3n) is 2.60. The minimum absolute atomic E-state index is 0.126. The molecule has 0 aliphatic rings. The molecule has 0 bridgehead atoms. The summed E-state index contributed by atoms with van der Waals surface area (Å²) in [6, 6.07) is 5.55. The number of thiophene rings is 1. The maximum atomic E-state index is 12.0. The molecule has 2 heterocycles. The molecule has 0 atom stereocenters. The maximum absolute atomic E-state index is 12.0. The van der Waals surface area contributed by atoms with Crippen LogP contribution in [-0.2, 0) is 6.54 Å². The molecule has 0 aliphatic heterocycles. The Morgan fingerprint density at radius 1 is 1.55 bits per heavy atom. The van der Waals surface area contributed by atoms with E-state index in [4.69, 9.17) is 5.11 Å². The topological polar surface area (TPSA) is 62.2 Å². The van der Waals surface area contributed by atoms with Gasteiger partial charge in [-0.15, -0.1) is 11.3 Å². The molecule has 5 heteroatoms. The van der Waals surface area contributed by atoms with Crippen molar-refractivity contribution in [2.24, 2.45) is 0 Å². The Morgan fingerprint density at radius 2 is 2.40 bits per heavy atom. The van der Waals surface area contributed by atoms with Crippen molar-refractivity contribution in [2.45, 2.75) is 13.5 Å². The van der Waals surface area contributed by atoms with E-state index in [0.29, 0.717) is 11.4 Å². The molecule has 0 radical (unpaired) electrons. The molecule has 1 amide bonds. The van der Waals surface area contributed by atoms with Crippen molar-refractivity contribution in [2.75, 3.05) is 6.61 Å². The van der Waals surface area contributed by atoms with Gasteiger partial charge in [0.1, 0.15) is 6.61 Å². The number of aliphatic hydroxyl groups is 1. The summed E-state index contributed by atoms with van der Waals surface area (Å²) in [5, 5.41) is 11.5. The van der Waals surface area contributed by atoms with E-state index in [1.165, 1.54) is 11.3 Å². The third kappa shape index (κ3) is 3.67. The van der Waals surface area contributed by atoms with Crippen LogP contribution in [0.25, 0.3) is 0 Å². The Kier molecular flexibility index (Phi) is 4.88. The molecule has 20 heavy (non-hydrogen) atoms. The van der Waals surface area contributed by atoms with Crippen molar-refractivity contribution in [1.29, 1.82) is 0 Å². The first kappa shape index (κ1) is 14.3. The molecule has 2 N–H and O–H groups in total. The molecule has 2 aromatic rings. The lowest BCUT2D eigenvalue weighted by Crippen LogP contribution is -2.21.